The molecule has 1 unspecified atom stereocenters. The van der Waals surface area contributed by atoms with Gasteiger partial charge in [0.15, 0.2) is 0 Å². The number of benzene rings is 2. The van der Waals surface area contributed by atoms with Crippen molar-refractivity contribution in [3.05, 3.63) is 70.4 Å². The maximum atomic E-state index is 13.4. The largest absolute Gasteiger partial charge is 0.497 e. The number of thioether (sulfide) groups is 1. The van der Waals surface area contributed by atoms with Crippen LogP contribution in [-0.2, 0) is 9.54 Å². The second-order valence-electron chi connectivity index (χ2n) is 6.54. The molecule has 0 radical (unpaired) electrons. The van der Waals surface area contributed by atoms with Crippen LogP contribution < -0.4 is 14.4 Å². The number of fused-ring (bicyclic) bond motifs is 2. The summed E-state index contributed by atoms with van der Waals surface area (Å²) < 4.78 is 23.3. The Labute approximate surface area is 167 Å². The summed E-state index contributed by atoms with van der Waals surface area (Å²) in [7, 11) is 3.19. The predicted molar refractivity (Wildman–Crippen MR) is 110 cm³/mol. The Morgan fingerprint density at radius 3 is 2.57 bits per heavy atom. The maximum absolute atomic E-state index is 13.4. The highest BCUT2D eigenvalue weighted by Crippen LogP contribution is 2.59. The molecule has 2 heterocycles. The van der Waals surface area contributed by atoms with E-state index in [0.29, 0.717) is 18.0 Å². The lowest BCUT2D eigenvalue weighted by molar-refractivity contribution is -0.119. The first-order chi connectivity index (χ1) is 13.5. The summed E-state index contributed by atoms with van der Waals surface area (Å²) in [5.74, 6) is 0.998. The zero-order valence-corrected chi connectivity index (χ0v) is 16.7. The smallest absolute Gasteiger partial charge is 0.252 e. The summed E-state index contributed by atoms with van der Waals surface area (Å²) in [4.78, 5) is 16.1. The van der Waals surface area contributed by atoms with Gasteiger partial charge in [0.25, 0.3) is 5.91 Å². The summed E-state index contributed by atoms with van der Waals surface area (Å²) in [5.41, 5.74) is 2.53. The van der Waals surface area contributed by atoms with Gasteiger partial charge in [-0.3, -0.25) is 4.79 Å². The number of nitrogens with zero attached hydrogens (tertiary/aromatic N) is 1. The Bertz CT molecular complexity index is 1000. The van der Waals surface area contributed by atoms with Gasteiger partial charge < -0.3 is 14.4 Å². The Hall–Kier alpha value is -2.73. The zero-order chi connectivity index (χ0) is 19.9. The van der Waals surface area contributed by atoms with Crippen molar-refractivity contribution in [2.75, 3.05) is 25.7 Å². The number of carbonyl (C=O) groups is 1. The molecule has 0 aromatic heterocycles. The minimum Gasteiger partial charge on any atom is -0.497 e. The van der Waals surface area contributed by atoms with Crippen molar-refractivity contribution in [2.24, 2.45) is 0 Å². The lowest BCUT2D eigenvalue weighted by Gasteiger charge is -2.21. The monoisotopic (exact) mass is 397 g/mol. The van der Waals surface area contributed by atoms with Crippen LogP contribution in [0.4, 0.5) is 10.1 Å². The molecule has 4 rings (SSSR count). The number of rotatable bonds is 4. The molecular formula is C22H20FNO3S. The molecular weight excluding hydrogens is 377 g/mol. The molecule has 2 aromatic rings. The van der Waals surface area contributed by atoms with Crippen molar-refractivity contribution >= 4 is 29.4 Å². The molecule has 0 saturated carbocycles. The summed E-state index contributed by atoms with van der Waals surface area (Å²) in [6.45, 7) is 2.50. The number of halogens is 1. The normalized spacial score (nSPS) is 21.6. The first-order valence-corrected chi connectivity index (χ1v) is 9.78. The molecule has 2 aliphatic rings. The highest BCUT2D eigenvalue weighted by Gasteiger charge is 2.54. The van der Waals surface area contributed by atoms with E-state index in [1.165, 1.54) is 23.9 Å². The average Bonchev–Trinajstić information content (AvgIpc) is 3.23. The van der Waals surface area contributed by atoms with E-state index < -0.39 is 4.75 Å². The number of hydrogen-bond acceptors (Lipinski definition) is 4. The Morgan fingerprint density at radius 1 is 1.18 bits per heavy atom. The fraction of sp³-hybridized carbons (Fsp3) is 0.227. The number of anilines is 1. The third-order valence-corrected chi connectivity index (χ3v) is 6.32. The highest BCUT2D eigenvalue weighted by atomic mass is 32.2. The van der Waals surface area contributed by atoms with Crippen LogP contribution in [0.3, 0.4) is 0 Å². The maximum Gasteiger partial charge on any atom is 0.252 e. The fourth-order valence-electron chi connectivity index (χ4n) is 3.68. The number of carbonyl (C=O) groups excluding carboxylic acids is 1. The summed E-state index contributed by atoms with van der Waals surface area (Å²) >= 11 is 1.48. The van der Waals surface area contributed by atoms with Crippen molar-refractivity contribution in [3.8, 4) is 11.5 Å². The third kappa shape index (κ3) is 2.79. The third-order valence-electron chi connectivity index (χ3n) is 4.99. The summed E-state index contributed by atoms with van der Waals surface area (Å²) in [6.07, 6.45) is 5.82. The van der Waals surface area contributed by atoms with E-state index in [0.717, 1.165) is 21.7 Å². The second kappa shape index (κ2) is 7.02. The molecule has 0 fully saturated rings. The van der Waals surface area contributed by atoms with E-state index in [2.05, 4.69) is 0 Å². The van der Waals surface area contributed by atoms with Crippen LogP contribution in [0.15, 0.2) is 53.5 Å². The molecule has 144 valence electrons. The van der Waals surface area contributed by atoms with E-state index in [-0.39, 0.29) is 11.7 Å². The molecule has 1 atom stereocenters. The van der Waals surface area contributed by atoms with E-state index in [9.17, 15) is 9.18 Å². The minimum atomic E-state index is -0.866. The molecule has 0 saturated heterocycles. The Kier molecular flexibility index (Phi) is 4.67. The van der Waals surface area contributed by atoms with Crippen molar-refractivity contribution in [2.45, 2.75) is 11.7 Å². The lowest BCUT2D eigenvalue weighted by atomic mass is 9.97. The van der Waals surface area contributed by atoms with Crippen LogP contribution >= 0.6 is 11.8 Å². The number of allylic oxidation sites excluding steroid dienone is 1. The van der Waals surface area contributed by atoms with Gasteiger partial charge in [0.05, 0.1) is 19.9 Å². The van der Waals surface area contributed by atoms with Crippen LogP contribution in [0.25, 0.3) is 6.08 Å². The van der Waals surface area contributed by atoms with Crippen LogP contribution in [0.5, 0.6) is 11.5 Å². The van der Waals surface area contributed by atoms with E-state index in [4.69, 9.17) is 9.47 Å². The van der Waals surface area contributed by atoms with Crippen LogP contribution in [0.2, 0.25) is 0 Å². The van der Waals surface area contributed by atoms with Crippen LogP contribution in [-0.4, -0.2) is 26.7 Å². The van der Waals surface area contributed by atoms with Crippen molar-refractivity contribution in [1.29, 1.82) is 0 Å². The van der Waals surface area contributed by atoms with Crippen molar-refractivity contribution in [1.82, 2.24) is 0 Å². The fourth-order valence-corrected chi connectivity index (χ4v) is 5.02. The summed E-state index contributed by atoms with van der Waals surface area (Å²) in [6, 6.07) is 9.98. The molecule has 0 N–H and O–H groups in total. The van der Waals surface area contributed by atoms with Gasteiger partial charge in [0, 0.05) is 29.1 Å². The number of methoxy groups -OCH3 is 2. The minimum absolute atomic E-state index is 0.000286. The van der Waals surface area contributed by atoms with E-state index in [1.807, 2.05) is 37.3 Å². The quantitative estimate of drug-likeness (QED) is 0.746. The van der Waals surface area contributed by atoms with Gasteiger partial charge in [-0.15, -0.1) is 0 Å². The van der Waals surface area contributed by atoms with Crippen molar-refractivity contribution < 1.29 is 18.7 Å². The molecule has 1 spiro atoms. The molecule has 0 aliphatic carbocycles. The molecule has 28 heavy (non-hydrogen) atoms. The standard InChI is InChI=1S/C22H20FNO3S/c1-4-24-18-12-16(26-2)13-19(27-3)20(18)22(21(24)25)10-9-17(28-22)11-14-5-7-15(23)8-6-14/h5-13H,4H2,1-3H3/b17-11-. The molecule has 2 aromatic carbocycles. The second-order valence-corrected chi connectivity index (χ2v) is 7.86. The topological polar surface area (TPSA) is 38.8 Å². The molecule has 0 bridgehead atoms. The van der Waals surface area contributed by atoms with Gasteiger partial charge in [-0.2, -0.15) is 0 Å². The van der Waals surface area contributed by atoms with Gasteiger partial charge >= 0.3 is 0 Å². The number of amides is 1. The van der Waals surface area contributed by atoms with Gasteiger partial charge in [0.1, 0.15) is 22.1 Å². The van der Waals surface area contributed by atoms with E-state index >= 15 is 0 Å². The number of likely N-dealkylation sites (N-methyl/N-ethyl adjacent to an activating group) is 1. The SMILES string of the molecule is CCN1C(=O)C2(C=C/C(=C/c3ccc(F)cc3)S2)c2c(OC)cc(OC)cc21. The highest BCUT2D eigenvalue weighted by molar-refractivity contribution is 8.05. The zero-order valence-electron chi connectivity index (χ0n) is 15.9. The predicted octanol–water partition coefficient (Wildman–Crippen LogP) is 4.75. The first-order valence-electron chi connectivity index (χ1n) is 8.96. The molecule has 1 amide bonds. The van der Waals surface area contributed by atoms with Gasteiger partial charge in [0.2, 0.25) is 0 Å². The first kappa shape index (κ1) is 18.6. The van der Waals surface area contributed by atoms with E-state index in [1.54, 1.807) is 31.3 Å². The van der Waals surface area contributed by atoms with Gasteiger partial charge in [-0.1, -0.05) is 36.0 Å². The number of ether oxygens (including phenoxy) is 2. The molecule has 4 nitrogen and oxygen atoms in total. The van der Waals surface area contributed by atoms with Crippen molar-refractivity contribution in [3.63, 3.8) is 0 Å². The Balaban J connectivity index is 1.80. The Morgan fingerprint density at radius 2 is 1.93 bits per heavy atom. The van der Waals surface area contributed by atoms with Crippen LogP contribution in [0.1, 0.15) is 18.1 Å². The van der Waals surface area contributed by atoms with Gasteiger partial charge in [-0.05, 0) is 30.7 Å². The van der Waals surface area contributed by atoms with Gasteiger partial charge in [-0.25, -0.2) is 4.39 Å². The lowest BCUT2D eigenvalue weighted by Crippen LogP contribution is -2.35. The average molecular weight is 397 g/mol. The molecule has 6 heteroatoms. The van der Waals surface area contributed by atoms with Crippen LogP contribution in [0, 0.1) is 5.82 Å². The molecule has 2 aliphatic heterocycles. The summed E-state index contributed by atoms with van der Waals surface area (Å²) in [5, 5.41) is 0. The number of hydrogen-bond donors (Lipinski definition) is 0.